The summed E-state index contributed by atoms with van der Waals surface area (Å²) in [5.74, 6) is 1.07. The normalized spacial score (nSPS) is 15.0. The van der Waals surface area contributed by atoms with Gasteiger partial charge in [0.25, 0.3) is 5.91 Å². The lowest BCUT2D eigenvalue weighted by atomic mass is 10.2. The third-order valence-electron chi connectivity index (χ3n) is 3.22. The number of nitrogens with one attached hydrogen (secondary N) is 1. The average molecular weight is 288 g/mol. The Hall–Kier alpha value is -2.54. The Balaban J connectivity index is 1.77. The number of nitrogens with zero attached hydrogens (tertiary/aromatic N) is 2. The smallest absolute Gasteiger partial charge is 0.252 e. The number of benzene rings is 1. The second kappa shape index (κ2) is 5.84. The number of carbonyl (C=O) groups excluding carboxylic acids is 1. The quantitative estimate of drug-likeness (QED) is 0.880. The number of nitrogens with two attached hydrogens (primary N) is 1. The van der Waals surface area contributed by atoms with Crippen molar-refractivity contribution in [1.29, 1.82) is 0 Å². The molecule has 1 saturated heterocycles. The summed E-state index contributed by atoms with van der Waals surface area (Å²) in [7, 11) is 0. The number of ether oxygens (including phenoxy) is 2. The Morgan fingerprint density at radius 2 is 2.10 bits per heavy atom. The van der Waals surface area contributed by atoms with E-state index in [2.05, 4.69) is 14.9 Å². The van der Waals surface area contributed by atoms with Crippen molar-refractivity contribution in [2.75, 3.05) is 31.2 Å². The molecular formula is C14H16N4O3. The molecule has 0 bridgehead atoms. The van der Waals surface area contributed by atoms with E-state index in [1.807, 2.05) is 0 Å². The van der Waals surface area contributed by atoms with Crippen LogP contribution in [0.3, 0.4) is 0 Å². The number of primary amides is 1. The predicted molar refractivity (Wildman–Crippen MR) is 76.7 cm³/mol. The maximum atomic E-state index is 11.4. The van der Waals surface area contributed by atoms with Crippen molar-refractivity contribution in [2.24, 2.45) is 5.73 Å². The molecule has 7 heteroatoms. The van der Waals surface area contributed by atoms with Crippen LogP contribution in [0.4, 0.5) is 5.95 Å². The van der Waals surface area contributed by atoms with Crippen molar-refractivity contribution in [3.63, 3.8) is 0 Å². The standard InChI is InChI=1S/C14H16N4O3/c15-13(19)10-3-1-2-4-11(10)21-12-9-16-14(17-12)18-5-7-20-8-6-18/h1-4,9H,5-8H2,(H2,15,19)(H,16,17). The zero-order valence-corrected chi connectivity index (χ0v) is 11.4. The Kier molecular flexibility index (Phi) is 3.74. The second-order valence-electron chi connectivity index (χ2n) is 4.63. The number of hydrogen-bond acceptors (Lipinski definition) is 5. The minimum atomic E-state index is -0.529. The van der Waals surface area contributed by atoms with E-state index in [0.29, 0.717) is 30.4 Å². The summed E-state index contributed by atoms with van der Waals surface area (Å²) in [4.78, 5) is 20.8. The predicted octanol–water partition coefficient (Wildman–Crippen LogP) is 1.14. The van der Waals surface area contributed by atoms with E-state index in [1.165, 1.54) is 0 Å². The zero-order valence-electron chi connectivity index (χ0n) is 11.4. The number of aromatic nitrogens is 2. The molecule has 1 aliphatic heterocycles. The molecule has 0 atom stereocenters. The van der Waals surface area contributed by atoms with Gasteiger partial charge >= 0.3 is 0 Å². The molecule has 1 aromatic heterocycles. The highest BCUT2D eigenvalue weighted by atomic mass is 16.5. The van der Waals surface area contributed by atoms with Crippen LogP contribution in [-0.4, -0.2) is 42.2 Å². The van der Waals surface area contributed by atoms with Crippen LogP contribution >= 0.6 is 0 Å². The van der Waals surface area contributed by atoms with Crippen molar-refractivity contribution in [3.8, 4) is 11.6 Å². The van der Waals surface area contributed by atoms with Crippen molar-refractivity contribution in [2.45, 2.75) is 0 Å². The molecule has 1 aliphatic rings. The number of carbonyl (C=O) groups is 1. The van der Waals surface area contributed by atoms with E-state index in [1.54, 1.807) is 30.5 Å². The molecule has 2 heterocycles. The van der Waals surface area contributed by atoms with Crippen LogP contribution in [0.25, 0.3) is 0 Å². The summed E-state index contributed by atoms with van der Waals surface area (Å²) in [5.41, 5.74) is 5.66. The molecule has 1 aromatic carbocycles. The third-order valence-corrected chi connectivity index (χ3v) is 3.22. The van der Waals surface area contributed by atoms with Gasteiger partial charge in [-0.25, -0.2) is 4.98 Å². The van der Waals surface area contributed by atoms with Crippen LogP contribution in [0.2, 0.25) is 0 Å². The highest BCUT2D eigenvalue weighted by molar-refractivity contribution is 5.95. The summed E-state index contributed by atoms with van der Waals surface area (Å²) < 4.78 is 11.0. The number of hydrogen-bond donors (Lipinski definition) is 2. The highest BCUT2D eigenvalue weighted by Gasteiger charge is 2.15. The van der Waals surface area contributed by atoms with Crippen LogP contribution in [0.1, 0.15) is 10.4 Å². The summed E-state index contributed by atoms with van der Waals surface area (Å²) in [6, 6.07) is 6.83. The largest absolute Gasteiger partial charge is 0.438 e. The maximum Gasteiger partial charge on any atom is 0.252 e. The lowest BCUT2D eigenvalue weighted by molar-refractivity contribution is 0.0998. The molecule has 110 valence electrons. The molecule has 21 heavy (non-hydrogen) atoms. The van der Waals surface area contributed by atoms with Gasteiger partial charge in [0.05, 0.1) is 25.0 Å². The van der Waals surface area contributed by atoms with Gasteiger partial charge in [-0.1, -0.05) is 12.1 Å². The molecule has 2 aromatic rings. The molecule has 0 spiro atoms. The number of imidazole rings is 1. The Bertz CT molecular complexity index is 635. The molecular weight excluding hydrogens is 272 g/mol. The molecule has 1 amide bonds. The Morgan fingerprint density at radius 1 is 1.33 bits per heavy atom. The number of amides is 1. The minimum Gasteiger partial charge on any atom is -0.438 e. The SMILES string of the molecule is NC(=O)c1ccccc1Oc1cnc(N2CCOCC2)[nH]1. The first-order valence-corrected chi connectivity index (χ1v) is 6.68. The summed E-state index contributed by atoms with van der Waals surface area (Å²) in [6.07, 6.45) is 1.59. The van der Waals surface area contributed by atoms with Gasteiger partial charge in [-0.15, -0.1) is 0 Å². The first-order valence-electron chi connectivity index (χ1n) is 6.68. The fourth-order valence-electron chi connectivity index (χ4n) is 2.16. The zero-order chi connectivity index (χ0) is 14.7. The average Bonchev–Trinajstić information content (AvgIpc) is 2.97. The van der Waals surface area contributed by atoms with Crippen LogP contribution in [0, 0.1) is 0 Å². The molecule has 3 rings (SSSR count). The number of aromatic amines is 1. The molecule has 0 unspecified atom stereocenters. The number of anilines is 1. The maximum absolute atomic E-state index is 11.4. The molecule has 0 radical (unpaired) electrons. The van der Waals surface area contributed by atoms with Gasteiger partial charge in [0.2, 0.25) is 11.8 Å². The summed E-state index contributed by atoms with van der Waals surface area (Å²) in [6.45, 7) is 2.93. The highest BCUT2D eigenvalue weighted by Crippen LogP contribution is 2.25. The number of H-pyrrole nitrogens is 1. The Morgan fingerprint density at radius 3 is 2.86 bits per heavy atom. The lowest BCUT2D eigenvalue weighted by Crippen LogP contribution is -2.36. The molecule has 1 fully saturated rings. The fraction of sp³-hybridized carbons (Fsp3) is 0.286. The van der Waals surface area contributed by atoms with Crippen molar-refractivity contribution < 1.29 is 14.3 Å². The topological polar surface area (TPSA) is 93.5 Å². The van der Waals surface area contributed by atoms with Gasteiger partial charge in [0.15, 0.2) is 0 Å². The van der Waals surface area contributed by atoms with Gasteiger partial charge in [-0.2, -0.15) is 0 Å². The molecule has 0 saturated carbocycles. The minimum absolute atomic E-state index is 0.333. The van der Waals surface area contributed by atoms with Gasteiger partial charge in [-0.05, 0) is 12.1 Å². The fourth-order valence-corrected chi connectivity index (χ4v) is 2.16. The van der Waals surface area contributed by atoms with E-state index in [-0.39, 0.29) is 0 Å². The number of morpholine rings is 1. The van der Waals surface area contributed by atoms with E-state index in [0.717, 1.165) is 19.0 Å². The van der Waals surface area contributed by atoms with Crippen LogP contribution in [-0.2, 0) is 4.74 Å². The van der Waals surface area contributed by atoms with E-state index in [4.69, 9.17) is 15.2 Å². The van der Waals surface area contributed by atoms with E-state index in [9.17, 15) is 4.79 Å². The lowest BCUT2D eigenvalue weighted by Gasteiger charge is -2.26. The van der Waals surface area contributed by atoms with Gasteiger partial charge < -0.3 is 20.1 Å². The van der Waals surface area contributed by atoms with Gasteiger partial charge in [0.1, 0.15) is 5.75 Å². The van der Waals surface area contributed by atoms with Crippen LogP contribution in [0.5, 0.6) is 11.6 Å². The van der Waals surface area contributed by atoms with Crippen molar-refractivity contribution >= 4 is 11.9 Å². The van der Waals surface area contributed by atoms with E-state index >= 15 is 0 Å². The summed E-state index contributed by atoms with van der Waals surface area (Å²) >= 11 is 0. The first kappa shape index (κ1) is 13.4. The first-order chi connectivity index (χ1) is 10.2. The number of para-hydroxylation sites is 1. The molecule has 7 nitrogen and oxygen atoms in total. The summed E-state index contributed by atoms with van der Waals surface area (Å²) in [5, 5.41) is 0. The van der Waals surface area contributed by atoms with Gasteiger partial charge in [0, 0.05) is 13.1 Å². The third kappa shape index (κ3) is 2.97. The number of rotatable bonds is 4. The monoisotopic (exact) mass is 288 g/mol. The Labute approximate surface area is 121 Å². The second-order valence-corrected chi connectivity index (χ2v) is 4.63. The van der Waals surface area contributed by atoms with E-state index < -0.39 is 5.91 Å². The van der Waals surface area contributed by atoms with Crippen LogP contribution in [0.15, 0.2) is 30.5 Å². The van der Waals surface area contributed by atoms with Gasteiger partial charge in [-0.3, -0.25) is 9.78 Å². The molecule has 0 aliphatic carbocycles. The van der Waals surface area contributed by atoms with Crippen LogP contribution < -0.4 is 15.4 Å². The molecule has 3 N–H and O–H groups in total. The van der Waals surface area contributed by atoms with Crippen molar-refractivity contribution in [3.05, 3.63) is 36.0 Å². The van der Waals surface area contributed by atoms with Crippen molar-refractivity contribution in [1.82, 2.24) is 9.97 Å².